The van der Waals surface area contributed by atoms with E-state index in [4.69, 9.17) is 4.74 Å². The Labute approximate surface area is 148 Å². The van der Waals surface area contributed by atoms with Gasteiger partial charge in [-0.05, 0) is 25.1 Å². The SMILES string of the molecule is CC(C[C@H]1CN(c2ccc3ncsc3c2)C(=O)O1)(C(=O)O)S(C)(=O)=O. The Kier molecular flexibility index (Phi) is 4.20. The third-order valence-corrected chi connectivity index (χ3v) is 7.16. The van der Waals surface area contributed by atoms with Crippen LogP contribution in [0, 0.1) is 0 Å². The smallest absolute Gasteiger partial charge is 0.414 e. The molecule has 1 aromatic carbocycles. The monoisotopic (exact) mass is 384 g/mol. The number of aliphatic carboxylic acids is 1. The zero-order chi connectivity index (χ0) is 18.4. The van der Waals surface area contributed by atoms with E-state index in [1.54, 1.807) is 23.7 Å². The molecule has 0 spiro atoms. The van der Waals surface area contributed by atoms with E-state index < -0.39 is 32.8 Å². The molecule has 2 atom stereocenters. The van der Waals surface area contributed by atoms with Gasteiger partial charge in [0.15, 0.2) is 14.6 Å². The minimum atomic E-state index is -3.89. The van der Waals surface area contributed by atoms with Crippen molar-refractivity contribution in [1.82, 2.24) is 4.98 Å². The van der Waals surface area contributed by atoms with Crippen molar-refractivity contribution in [1.29, 1.82) is 0 Å². The summed E-state index contributed by atoms with van der Waals surface area (Å²) in [6.45, 7) is 1.21. The number of nitrogens with zero attached hydrogens (tertiary/aromatic N) is 2. The molecule has 1 N–H and O–H groups in total. The summed E-state index contributed by atoms with van der Waals surface area (Å²) in [6.07, 6.45) is -0.907. The van der Waals surface area contributed by atoms with Gasteiger partial charge in [-0.2, -0.15) is 0 Å². The van der Waals surface area contributed by atoms with Gasteiger partial charge in [-0.15, -0.1) is 11.3 Å². The second-order valence-corrected chi connectivity index (χ2v) is 9.46. The van der Waals surface area contributed by atoms with Crippen molar-refractivity contribution in [3.8, 4) is 0 Å². The normalized spacial score (nSPS) is 20.5. The van der Waals surface area contributed by atoms with Gasteiger partial charge in [-0.1, -0.05) is 0 Å². The molecule has 1 aliphatic rings. The number of hydrogen-bond donors (Lipinski definition) is 1. The Morgan fingerprint density at radius 2 is 2.24 bits per heavy atom. The Morgan fingerprint density at radius 3 is 2.88 bits per heavy atom. The lowest BCUT2D eigenvalue weighted by Crippen LogP contribution is -2.46. The van der Waals surface area contributed by atoms with Crippen LogP contribution in [0.1, 0.15) is 13.3 Å². The summed E-state index contributed by atoms with van der Waals surface area (Å²) in [5.74, 6) is -1.46. The van der Waals surface area contributed by atoms with Crippen molar-refractivity contribution >= 4 is 49.1 Å². The average molecular weight is 384 g/mol. The molecular weight excluding hydrogens is 368 g/mol. The molecule has 3 rings (SSSR count). The number of aromatic nitrogens is 1. The first-order chi connectivity index (χ1) is 11.6. The standard InChI is InChI=1S/C15H16N2O6S2/c1-15(13(18)19,25(2,21)22)6-10-7-17(14(20)23-10)9-3-4-11-12(5-9)24-8-16-11/h3-5,8,10H,6-7H2,1-2H3,(H,18,19)/t10-,15?/m0/s1. The number of anilines is 1. The van der Waals surface area contributed by atoms with Crippen LogP contribution in [0.15, 0.2) is 23.7 Å². The molecule has 1 aliphatic heterocycles. The van der Waals surface area contributed by atoms with Crippen LogP contribution in [0.4, 0.5) is 10.5 Å². The van der Waals surface area contributed by atoms with E-state index in [0.29, 0.717) is 5.69 Å². The molecular formula is C15H16N2O6S2. The lowest BCUT2D eigenvalue weighted by molar-refractivity contribution is -0.140. The van der Waals surface area contributed by atoms with E-state index in [0.717, 1.165) is 23.4 Å². The highest BCUT2D eigenvalue weighted by atomic mass is 32.2. The molecule has 0 bridgehead atoms. The first-order valence-electron chi connectivity index (χ1n) is 7.36. The van der Waals surface area contributed by atoms with Crippen LogP contribution in [-0.2, 0) is 19.4 Å². The minimum Gasteiger partial charge on any atom is -0.480 e. The number of ether oxygens (including phenoxy) is 1. The van der Waals surface area contributed by atoms with Gasteiger partial charge in [-0.25, -0.2) is 18.2 Å². The van der Waals surface area contributed by atoms with E-state index in [2.05, 4.69) is 4.98 Å². The maximum Gasteiger partial charge on any atom is 0.414 e. The number of carbonyl (C=O) groups is 2. The predicted octanol–water partition coefficient (Wildman–Crippen LogP) is 1.90. The van der Waals surface area contributed by atoms with Crippen molar-refractivity contribution in [2.45, 2.75) is 24.2 Å². The van der Waals surface area contributed by atoms with Crippen LogP contribution in [0.3, 0.4) is 0 Å². The van der Waals surface area contributed by atoms with Crippen LogP contribution in [0.25, 0.3) is 10.2 Å². The fraction of sp³-hybridized carbons (Fsp3) is 0.400. The van der Waals surface area contributed by atoms with Gasteiger partial charge in [0.1, 0.15) is 6.10 Å². The third-order valence-electron chi connectivity index (χ3n) is 4.39. The lowest BCUT2D eigenvalue weighted by Gasteiger charge is -2.24. The molecule has 0 saturated carbocycles. The number of carboxylic acids is 1. The third kappa shape index (κ3) is 3.07. The molecule has 10 heteroatoms. The zero-order valence-corrected chi connectivity index (χ0v) is 15.1. The van der Waals surface area contributed by atoms with Crippen molar-refractivity contribution in [3.63, 3.8) is 0 Å². The van der Waals surface area contributed by atoms with Crippen LogP contribution in [-0.4, -0.2) is 54.2 Å². The van der Waals surface area contributed by atoms with Crippen molar-refractivity contribution in [2.24, 2.45) is 0 Å². The number of amides is 1. The molecule has 8 nitrogen and oxygen atoms in total. The van der Waals surface area contributed by atoms with E-state index in [9.17, 15) is 23.1 Å². The van der Waals surface area contributed by atoms with Gasteiger partial charge in [0.2, 0.25) is 0 Å². The maximum absolute atomic E-state index is 12.2. The number of sulfone groups is 1. The molecule has 134 valence electrons. The van der Waals surface area contributed by atoms with Crippen molar-refractivity contribution in [3.05, 3.63) is 23.7 Å². The average Bonchev–Trinajstić information content (AvgIpc) is 3.11. The molecule has 1 amide bonds. The predicted molar refractivity (Wildman–Crippen MR) is 92.7 cm³/mol. The first kappa shape index (κ1) is 17.6. The highest BCUT2D eigenvalue weighted by Crippen LogP contribution is 2.31. The summed E-state index contributed by atoms with van der Waals surface area (Å²) in [5.41, 5.74) is 3.11. The molecule has 2 heterocycles. The van der Waals surface area contributed by atoms with Crippen LogP contribution in [0.2, 0.25) is 0 Å². The fourth-order valence-corrected chi connectivity index (χ4v) is 4.20. The lowest BCUT2D eigenvalue weighted by atomic mass is 10.0. The summed E-state index contributed by atoms with van der Waals surface area (Å²) in [7, 11) is -3.89. The largest absolute Gasteiger partial charge is 0.480 e. The molecule has 1 unspecified atom stereocenters. The quantitative estimate of drug-likeness (QED) is 0.837. The summed E-state index contributed by atoms with van der Waals surface area (Å²) < 4.78 is 27.9. The number of hydrogen-bond acceptors (Lipinski definition) is 7. The molecule has 25 heavy (non-hydrogen) atoms. The van der Waals surface area contributed by atoms with Gasteiger partial charge in [0.05, 0.1) is 22.3 Å². The molecule has 1 saturated heterocycles. The van der Waals surface area contributed by atoms with Crippen molar-refractivity contribution < 1.29 is 27.9 Å². The Hall–Kier alpha value is -2.20. The second-order valence-electron chi connectivity index (χ2n) is 6.13. The number of rotatable bonds is 5. The summed E-state index contributed by atoms with van der Waals surface area (Å²) in [6, 6.07) is 5.29. The minimum absolute atomic E-state index is 0.0849. The highest BCUT2D eigenvalue weighted by molar-refractivity contribution is 7.92. The Bertz CT molecular complexity index is 954. The zero-order valence-electron chi connectivity index (χ0n) is 13.5. The summed E-state index contributed by atoms with van der Waals surface area (Å²) in [5, 5.41) is 9.33. The van der Waals surface area contributed by atoms with Crippen LogP contribution < -0.4 is 4.90 Å². The number of fused-ring (bicyclic) bond motifs is 1. The summed E-state index contributed by atoms with van der Waals surface area (Å²) >= 11 is 1.43. The molecule has 0 aliphatic carbocycles. The Morgan fingerprint density at radius 1 is 1.52 bits per heavy atom. The molecule has 1 fully saturated rings. The van der Waals surface area contributed by atoms with Gasteiger partial charge < -0.3 is 9.84 Å². The number of carbonyl (C=O) groups excluding carboxylic acids is 1. The first-order valence-corrected chi connectivity index (χ1v) is 10.1. The summed E-state index contributed by atoms with van der Waals surface area (Å²) in [4.78, 5) is 29.2. The van der Waals surface area contributed by atoms with E-state index in [1.807, 2.05) is 0 Å². The Balaban J connectivity index is 1.83. The number of thiazole rings is 1. The van der Waals surface area contributed by atoms with Gasteiger partial charge >= 0.3 is 12.1 Å². The molecule has 0 radical (unpaired) electrons. The van der Waals surface area contributed by atoms with Crippen molar-refractivity contribution in [2.75, 3.05) is 17.7 Å². The van der Waals surface area contributed by atoms with Crippen LogP contribution in [0.5, 0.6) is 0 Å². The van der Waals surface area contributed by atoms with Gasteiger partial charge in [-0.3, -0.25) is 9.69 Å². The van der Waals surface area contributed by atoms with E-state index in [-0.39, 0.29) is 13.0 Å². The maximum atomic E-state index is 12.2. The van der Waals surface area contributed by atoms with Gasteiger partial charge in [0.25, 0.3) is 0 Å². The number of benzene rings is 1. The second kappa shape index (κ2) is 5.95. The van der Waals surface area contributed by atoms with Crippen LogP contribution >= 0.6 is 11.3 Å². The van der Waals surface area contributed by atoms with E-state index >= 15 is 0 Å². The molecule has 1 aromatic heterocycles. The number of cyclic esters (lactones) is 1. The van der Waals surface area contributed by atoms with Gasteiger partial charge in [0, 0.05) is 18.4 Å². The number of carboxylic acid groups (broad SMARTS) is 1. The molecule has 2 aromatic rings. The fourth-order valence-electron chi connectivity index (χ4n) is 2.68. The highest BCUT2D eigenvalue weighted by Gasteiger charge is 2.48. The topological polar surface area (TPSA) is 114 Å². The van der Waals surface area contributed by atoms with E-state index in [1.165, 1.54) is 16.2 Å².